The highest BCUT2D eigenvalue weighted by Crippen LogP contribution is 2.32. The Morgan fingerprint density at radius 1 is 1.20 bits per heavy atom. The summed E-state index contributed by atoms with van der Waals surface area (Å²) in [6.07, 6.45) is -1.74. The molecule has 0 spiro atoms. The van der Waals surface area contributed by atoms with Gasteiger partial charge in [0, 0.05) is 31.6 Å². The number of aromatic nitrogens is 4. The van der Waals surface area contributed by atoms with E-state index in [0.717, 1.165) is 0 Å². The van der Waals surface area contributed by atoms with Crippen LogP contribution in [0.25, 0.3) is 11.2 Å². The standard InChI is InChI=1S/C25H27N7O8/c26-22-19-23(31(13-27-19)24-21(35)20(34)17(12-33)40-24)29-18(28-22)3-1-2-14-8-10-30(11-9-14)25(36)39-16-6-4-15(5-7-16)32(37)38/h4-7,13-14,17,20-21,24,33-35H,2,8-12H2,(H2,26,28,29)/t17?,20-,21-,24?/m0/s1. The Bertz CT molecular complexity index is 1460. The van der Waals surface area contributed by atoms with Gasteiger partial charge in [0.05, 0.1) is 17.9 Å². The molecule has 3 aromatic rings. The number of imidazole rings is 1. The van der Waals surface area contributed by atoms with Crippen LogP contribution in [0, 0.1) is 27.9 Å². The number of ether oxygens (including phenoxy) is 2. The van der Waals surface area contributed by atoms with Crippen molar-refractivity contribution in [2.45, 2.75) is 43.8 Å². The van der Waals surface area contributed by atoms with Crippen molar-refractivity contribution in [2.24, 2.45) is 5.92 Å². The summed E-state index contributed by atoms with van der Waals surface area (Å²) in [5.74, 6) is 6.71. The molecule has 210 valence electrons. The number of hydrogen-bond donors (Lipinski definition) is 4. The number of carbonyl (C=O) groups excluding carboxylic acids is 1. The Labute approximate surface area is 227 Å². The Kier molecular flexibility index (Phi) is 7.76. The number of aliphatic hydroxyl groups excluding tert-OH is 3. The Hall–Kier alpha value is -4.36. The molecule has 2 fully saturated rings. The first-order valence-corrected chi connectivity index (χ1v) is 12.6. The molecule has 2 aromatic heterocycles. The van der Waals surface area contributed by atoms with Crippen molar-refractivity contribution in [1.29, 1.82) is 0 Å². The molecular weight excluding hydrogens is 526 g/mol. The molecule has 4 heterocycles. The van der Waals surface area contributed by atoms with E-state index in [9.17, 15) is 30.2 Å². The number of fused-ring (bicyclic) bond motifs is 1. The van der Waals surface area contributed by atoms with Gasteiger partial charge in [-0.2, -0.15) is 0 Å². The van der Waals surface area contributed by atoms with Gasteiger partial charge >= 0.3 is 6.09 Å². The topological polar surface area (TPSA) is 212 Å². The van der Waals surface area contributed by atoms with Crippen LogP contribution in [0.1, 0.15) is 31.3 Å². The van der Waals surface area contributed by atoms with Gasteiger partial charge in [0.25, 0.3) is 5.69 Å². The Balaban J connectivity index is 1.18. The van der Waals surface area contributed by atoms with Gasteiger partial charge in [-0.25, -0.2) is 19.7 Å². The number of aliphatic hydroxyl groups is 3. The molecule has 0 aliphatic carbocycles. The van der Waals surface area contributed by atoms with Crippen LogP contribution in [0.3, 0.4) is 0 Å². The second-order valence-electron chi connectivity index (χ2n) is 9.54. The maximum atomic E-state index is 12.5. The summed E-state index contributed by atoms with van der Waals surface area (Å²) in [6, 6.07) is 5.32. The zero-order valence-corrected chi connectivity index (χ0v) is 21.2. The molecule has 1 amide bonds. The number of piperidine rings is 1. The van der Waals surface area contributed by atoms with Crippen LogP contribution in [0.5, 0.6) is 5.75 Å². The highest BCUT2D eigenvalue weighted by atomic mass is 16.6. The summed E-state index contributed by atoms with van der Waals surface area (Å²) in [5, 5.41) is 40.6. The number of likely N-dealkylation sites (tertiary alicyclic amines) is 1. The summed E-state index contributed by atoms with van der Waals surface area (Å²) >= 11 is 0. The molecule has 0 saturated carbocycles. The number of nitrogens with zero attached hydrogens (tertiary/aromatic N) is 6. The third-order valence-corrected chi connectivity index (χ3v) is 6.96. The van der Waals surface area contributed by atoms with Crippen LogP contribution in [0.2, 0.25) is 0 Å². The van der Waals surface area contributed by atoms with Crippen LogP contribution in [0.15, 0.2) is 30.6 Å². The van der Waals surface area contributed by atoms with E-state index in [-0.39, 0.29) is 40.2 Å². The van der Waals surface area contributed by atoms with E-state index in [2.05, 4.69) is 26.8 Å². The fourth-order valence-corrected chi connectivity index (χ4v) is 4.69. The highest BCUT2D eigenvalue weighted by Gasteiger charge is 2.44. The zero-order valence-electron chi connectivity index (χ0n) is 21.2. The lowest BCUT2D eigenvalue weighted by atomic mass is 9.94. The third-order valence-electron chi connectivity index (χ3n) is 6.96. The molecule has 2 aliphatic heterocycles. The fourth-order valence-electron chi connectivity index (χ4n) is 4.69. The first-order chi connectivity index (χ1) is 19.2. The van der Waals surface area contributed by atoms with Crippen LogP contribution in [0.4, 0.5) is 16.3 Å². The van der Waals surface area contributed by atoms with E-state index in [0.29, 0.717) is 32.4 Å². The summed E-state index contributed by atoms with van der Waals surface area (Å²) in [4.78, 5) is 37.1. The number of rotatable bonds is 5. The molecule has 5 rings (SSSR count). The molecule has 15 nitrogen and oxygen atoms in total. The van der Waals surface area contributed by atoms with E-state index in [1.165, 1.54) is 35.2 Å². The van der Waals surface area contributed by atoms with Crippen LogP contribution >= 0.6 is 0 Å². The third kappa shape index (κ3) is 5.51. The number of nitro groups is 1. The second-order valence-corrected chi connectivity index (χ2v) is 9.54. The molecule has 2 saturated heterocycles. The van der Waals surface area contributed by atoms with E-state index in [1.54, 1.807) is 4.90 Å². The number of carbonyl (C=O) groups is 1. The quantitative estimate of drug-likeness (QED) is 0.194. The minimum absolute atomic E-state index is 0.0852. The highest BCUT2D eigenvalue weighted by molar-refractivity contribution is 5.82. The number of nitrogens with two attached hydrogens (primary N) is 1. The van der Waals surface area contributed by atoms with Gasteiger partial charge < -0.3 is 35.4 Å². The molecule has 2 unspecified atom stereocenters. The van der Waals surface area contributed by atoms with Gasteiger partial charge in [-0.15, -0.1) is 0 Å². The lowest BCUT2D eigenvalue weighted by Gasteiger charge is -2.30. The number of hydrogen-bond acceptors (Lipinski definition) is 12. The van der Waals surface area contributed by atoms with Crippen molar-refractivity contribution in [3.05, 3.63) is 46.5 Å². The van der Waals surface area contributed by atoms with Crippen molar-refractivity contribution in [1.82, 2.24) is 24.4 Å². The van der Waals surface area contributed by atoms with Crippen molar-refractivity contribution in [3.8, 4) is 17.6 Å². The first-order valence-electron chi connectivity index (χ1n) is 12.6. The molecule has 15 heteroatoms. The fraction of sp³-hybridized carbons (Fsp3) is 0.440. The minimum atomic E-state index is -1.31. The van der Waals surface area contributed by atoms with Crippen molar-refractivity contribution in [2.75, 3.05) is 25.4 Å². The van der Waals surface area contributed by atoms with Crippen LogP contribution in [-0.4, -0.2) is 88.8 Å². The SMILES string of the molecule is Nc1nc(C#CCC2CCN(C(=O)Oc3ccc([N+](=O)[O-])cc3)CC2)nc2c1ncn2C1OC(CO)[C@H](O)[C@@H]1O. The van der Waals surface area contributed by atoms with E-state index in [1.807, 2.05) is 0 Å². The lowest BCUT2D eigenvalue weighted by molar-refractivity contribution is -0.384. The van der Waals surface area contributed by atoms with E-state index < -0.39 is 42.2 Å². The van der Waals surface area contributed by atoms with Gasteiger partial charge in [-0.3, -0.25) is 14.7 Å². The molecule has 0 radical (unpaired) electrons. The van der Waals surface area contributed by atoms with Crippen LogP contribution < -0.4 is 10.5 Å². The van der Waals surface area contributed by atoms with Gasteiger partial charge in [0.15, 0.2) is 17.7 Å². The number of amides is 1. The van der Waals surface area contributed by atoms with Crippen molar-refractivity contribution in [3.63, 3.8) is 0 Å². The minimum Gasteiger partial charge on any atom is -0.410 e. The predicted molar refractivity (Wildman–Crippen MR) is 138 cm³/mol. The summed E-state index contributed by atoms with van der Waals surface area (Å²) in [6.45, 7) is 0.503. The average Bonchev–Trinajstić information content (AvgIpc) is 3.50. The van der Waals surface area contributed by atoms with Gasteiger partial charge in [0.1, 0.15) is 29.6 Å². The molecule has 4 atom stereocenters. The lowest BCUT2D eigenvalue weighted by Crippen LogP contribution is -2.40. The van der Waals surface area contributed by atoms with E-state index in [4.69, 9.17) is 15.2 Å². The molecule has 2 aliphatic rings. The Morgan fingerprint density at radius 3 is 2.58 bits per heavy atom. The zero-order chi connectivity index (χ0) is 28.4. The van der Waals surface area contributed by atoms with Gasteiger partial charge in [0.2, 0.25) is 5.82 Å². The maximum Gasteiger partial charge on any atom is 0.415 e. The number of anilines is 1. The molecule has 0 bridgehead atoms. The smallest absolute Gasteiger partial charge is 0.410 e. The number of nitro benzene ring substituents is 1. The summed E-state index contributed by atoms with van der Waals surface area (Å²) in [5.41, 5.74) is 6.52. The maximum absolute atomic E-state index is 12.5. The van der Waals surface area contributed by atoms with Gasteiger partial charge in [-0.05, 0) is 36.8 Å². The van der Waals surface area contributed by atoms with Crippen molar-refractivity contribution < 1.29 is 34.5 Å². The molecule has 40 heavy (non-hydrogen) atoms. The van der Waals surface area contributed by atoms with E-state index >= 15 is 0 Å². The number of nitrogen functional groups attached to an aromatic ring is 1. The number of non-ortho nitro benzene ring substituents is 1. The molecule has 5 N–H and O–H groups in total. The van der Waals surface area contributed by atoms with Crippen LogP contribution in [-0.2, 0) is 4.74 Å². The Morgan fingerprint density at radius 2 is 1.93 bits per heavy atom. The monoisotopic (exact) mass is 553 g/mol. The largest absolute Gasteiger partial charge is 0.415 e. The second kappa shape index (κ2) is 11.4. The predicted octanol–water partition coefficient (Wildman–Crippen LogP) is 0.581. The molecule has 1 aromatic carbocycles. The first kappa shape index (κ1) is 27.2. The average molecular weight is 554 g/mol. The van der Waals surface area contributed by atoms with Crippen molar-refractivity contribution >= 4 is 28.8 Å². The van der Waals surface area contributed by atoms with Gasteiger partial charge in [-0.1, -0.05) is 5.92 Å². The summed E-state index contributed by atoms with van der Waals surface area (Å²) in [7, 11) is 0. The summed E-state index contributed by atoms with van der Waals surface area (Å²) < 4.78 is 12.3. The molecular formula is C25H27N7O8. The normalized spacial score (nSPS) is 23.1. The number of benzene rings is 1.